The van der Waals surface area contributed by atoms with E-state index in [9.17, 15) is 18.0 Å². The molecule has 12 heteroatoms. The topological polar surface area (TPSA) is 104 Å². The second-order valence-electron chi connectivity index (χ2n) is 6.99. The molecule has 0 aliphatic carbocycles. The summed E-state index contributed by atoms with van der Waals surface area (Å²) in [7, 11) is 0. The van der Waals surface area contributed by atoms with Gasteiger partial charge in [-0.15, -0.1) is 0 Å². The molecule has 0 spiro atoms. The predicted molar refractivity (Wildman–Crippen MR) is 104 cm³/mol. The molecule has 3 rings (SSSR count). The molecule has 2 aliphatic rings. The number of aromatic nitrogens is 2. The van der Waals surface area contributed by atoms with Crippen LogP contribution in [-0.2, 0) is 4.74 Å². The molecule has 2 aliphatic heterocycles. The summed E-state index contributed by atoms with van der Waals surface area (Å²) in [6.45, 7) is 2.52. The van der Waals surface area contributed by atoms with E-state index in [1.165, 1.54) is 17.3 Å². The van der Waals surface area contributed by atoms with Gasteiger partial charge < -0.3 is 19.3 Å². The molecular formula is C19H21F3N6O3. The number of rotatable bonds is 5. The lowest BCUT2D eigenvalue weighted by Gasteiger charge is -2.34. The third-order valence-electron chi connectivity index (χ3n) is 4.86. The highest BCUT2D eigenvalue weighted by molar-refractivity contribution is 5.74. The number of dihydropyridines is 1. The number of alkyl halides is 3. The Hall–Kier alpha value is -3.36. The Morgan fingerprint density at radius 3 is 2.58 bits per heavy atom. The first-order valence-electron chi connectivity index (χ1n) is 9.58. The Balaban J connectivity index is 1.48. The number of hydrogen-bond acceptors (Lipinski definition) is 8. The van der Waals surface area contributed by atoms with Gasteiger partial charge in [-0.2, -0.15) is 18.4 Å². The van der Waals surface area contributed by atoms with Gasteiger partial charge >= 0.3 is 12.3 Å². The van der Waals surface area contributed by atoms with E-state index in [0.29, 0.717) is 31.3 Å². The largest absolute Gasteiger partial charge is 0.486 e. The minimum absolute atomic E-state index is 0.191. The van der Waals surface area contributed by atoms with Crippen molar-refractivity contribution in [2.45, 2.75) is 19.2 Å². The summed E-state index contributed by atoms with van der Waals surface area (Å²) in [5.41, 5.74) is 0.824. The Bertz CT molecular complexity index is 873. The summed E-state index contributed by atoms with van der Waals surface area (Å²) >= 11 is 0. The molecule has 1 saturated heterocycles. The van der Waals surface area contributed by atoms with Crippen LogP contribution < -0.4 is 9.64 Å². The number of anilines is 1. The van der Waals surface area contributed by atoms with Crippen LogP contribution >= 0.6 is 0 Å². The lowest BCUT2D eigenvalue weighted by Crippen LogP contribution is -2.50. The fourth-order valence-electron chi connectivity index (χ4n) is 2.92. The van der Waals surface area contributed by atoms with Crippen molar-refractivity contribution < 1.29 is 27.4 Å². The van der Waals surface area contributed by atoms with Crippen LogP contribution in [0, 0.1) is 17.2 Å². The molecule has 1 amide bonds. The molecule has 0 radical (unpaired) electrons. The van der Waals surface area contributed by atoms with Gasteiger partial charge in [0.25, 0.3) is 0 Å². The average molecular weight is 438 g/mol. The predicted octanol–water partition coefficient (Wildman–Crippen LogP) is 2.22. The van der Waals surface area contributed by atoms with Gasteiger partial charge in [-0.05, 0) is 18.6 Å². The van der Waals surface area contributed by atoms with Gasteiger partial charge in [-0.1, -0.05) is 0 Å². The summed E-state index contributed by atoms with van der Waals surface area (Å²) in [6.07, 6.45) is -1.33. The number of halogens is 3. The van der Waals surface area contributed by atoms with Crippen molar-refractivity contribution in [3.63, 3.8) is 0 Å². The molecule has 9 nitrogen and oxygen atoms in total. The van der Waals surface area contributed by atoms with Gasteiger partial charge in [0.15, 0.2) is 11.9 Å². The van der Waals surface area contributed by atoms with Crippen LogP contribution in [0.3, 0.4) is 0 Å². The molecule has 0 N–H and O–H groups in total. The molecule has 31 heavy (non-hydrogen) atoms. The first-order valence-corrected chi connectivity index (χ1v) is 9.58. The Labute approximate surface area is 176 Å². The van der Waals surface area contributed by atoms with Crippen LogP contribution in [-0.4, -0.2) is 78.8 Å². The summed E-state index contributed by atoms with van der Waals surface area (Å²) in [6, 6.07) is 2.18. The molecule has 3 heterocycles. The number of amides is 1. The molecule has 2 unspecified atom stereocenters. The Kier molecular flexibility index (Phi) is 6.94. The van der Waals surface area contributed by atoms with Crippen molar-refractivity contribution in [2.24, 2.45) is 10.9 Å². The SMILES string of the molecule is CC(OC(=O)N1CCN(c2ncc(OCC3=CC=NCC3C#N)cn2)CC1)C(F)(F)F. The van der Waals surface area contributed by atoms with Crippen LogP contribution in [0.2, 0.25) is 0 Å². The van der Waals surface area contributed by atoms with E-state index in [2.05, 4.69) is 25.8 Å². The Morgan fingerprint density at radius 1 is 1.29 bits per heavy atom. The van der Waals surface area contributed by atoms with E-state index in [-0.39, 0.29) is 25.6 Å². The van der Waals surface area contributed by atoms with Crippen molar-refractivity contribution in [3.05, 3.63) is 24.0 Å². The monoisotopic (exact) mass is 438 g/mol. The third-order valence-corrected chi connectivity index (χ3v) is 4.86. The van der Waals surface area contributed by atoms with Gasteiger partial charge in [-0.3, -0.25) is 4.99 Å². The average Bonchev–Trinajstić information content (AvgIpc) is 2.77. The highest BCUT2D eigenvalue weighted by Crippen LogP contribution is 2.23. The maximum atomic E-state index is 12.5. The number of carbonyl (C=O) groups excluding carboxylic acids is 1. The quantitative estimate of drug-likeness (QED) is 0.694. The number of ether oxygens (including phenoxy) is 2. The molecule has 166 valence electrons. The highest BCUT2D eigenvalue weighted by Gasteiger charge is 2.40. The van der Waals surface area contributed by atoms with E-state index in [4.69, 9.17) is 10.00 Å². The number of piperazine rings is 1. The number of allylic oxidation sites excluding steroid dienone is 1. The number of nitrogens with zero attached hydrogens (tertiary/aromatic N) is 6. The molecular weight excluding hydrogens is 417 g/mol. The third kappa shape index (κ3) is 5.84. The highest BCUT2D eigenvalue weighted by atomic mass is 19.4. The summed E-state index contributed by atoms with van der Waals surface area (Å²) in [5.74, 6) is 0.544. The Morgan fingerprint density at radius 2 is 1.97 bits per heavy atom. The van der Waals surface area contributed by atoms with Crippen LogP contribution in [0.4, 0.5) is 23.9 Å². The van der Waals surface area contributed by atoms with Gasteiger partial charge in [0, 0.05) is 32.4 Å². The molecule has 1 fully saturated rings. The number of carbonyl (C=O) groups is 1. The number of aliphatic imine (C=N–C) groups is 1. The van der Waals surface area contributed by atoms with Gasteiger partial charge in [0.1, 0.15) is 6.61 Å². The van der Waals surface area contributed by atoms with Crippen molar-refractivity contribution >= 4 is 18.3 Å². The molecule has 0 saturated carbocycles. The van der Waals surface area contributed by atoms with E-state index in [1.807, 2.05) is 4.90 Å². The van der Waals surface area contributed by atoms with Crippen LogP contribution in [0.25, 0.3) is 0 Å². The maximum Gasteiger partial charge on any atom is 0.425 e. The van der Waals surface area contributed by atoms with Crippen LogP contribution in [0.1, 0.15) is 6.92 Å². The first-order chi connectivity index (χ1) is 14.8. The fourth-order valence-corrected chi connectivity index (χ4v) is 2.92. The lowest BCUT2D eigenvalue weighted by molar-refractivity contribution is -0.199. The lowest BCUT2D eigenvalue weighted by atomic mass is 9.99. The second-order valence-corrected chi connectivity index (χ2v) is 6.99. The number of hydrogen-bond donors (Lipinski definition) is 0. The van der Waals surface area contributed by atoms with Gasteiger partial charge in [0.05, 0.1) is 30.9 Å². The standard InChI is InChI=1S/C19H21F3N6O3/c1-13(19(20,21)22)31-18(29)28-6-4-27(5-7-28)17-25-10-16(11-26-17)30-12-14-2-3-24-9-15(14)8-23/h2-3,10-11,13,15H,4-7,9,12H2,1H3. The van der Waals surface area contributed by atoms with Gasteiger partial charge in [0.2, 0.25) is 5.95 Å². The van der Waals surface area contributed by atoms with Gasteiger partial charge in [-0.25, -0.2) is 14.8 Å². The zero-order valence-electron chi connectivity index (χ0n) is 16.7. The smallest absolute Gasteiger partial charge is 0.425 e. The zero-order chi connectivity index (χ0) is 22.4. The minimum Gasteiger partial charge on any atom is -0.486 e. The minimum atomic E-state index is -4.59. The van der Waals surface area contributed by atoms with Crippen molar-refractivity contribution in [3.8, 4) is 11.8 Å². The van der Waals surface area contributed by atoms with E-state index in [1.54, 1.807) is 12.3 Å². The molecule has 2 atom stereocenters. The summed E-state index contributed by atoms with van der Waals surface area (Å²) < 4.78 is 47.7. The molecule has 0 bridgehead atoms. The van der Waals surface area contributed by atoms with Crippen LogP contribution in [0.5, 0.6) is 5.75 Å². The normalized spacial score (nSPS) is 20.0. The van der Waals surface area contributed by atoms with Crippen molar-refractivity contribution in [1.29, 1.82) is 5.26 Å². The van der Waals surface area contributed by atoms with E-state index >= 15 is 0 Å². The van der Waals surface area contributed by atoms with E-state index < -0.39 is 18.4 Å². The summed E-state index contributed by atoms with van der Waals surface area (Å²) in [5, 5.41) is 9.14. The summed E-state index contributed by atoms with van der Waals surface area (Å²) in [4.78, 5) is 27.5. The molecule has 0 aromatic carbocycles. The molecule has 1 aromatic rings. The van der Waals surface area contributed by atoms with E-state index in [0.717, 1.165) is 12.5 Å². The zero-order valence-corrected chi connectivity index (χ0v) is 16.7. The van der Waals surface area contributed by atoms with Crippen molar-refractivity contribution in [1.82, 2.24) is 14.9 Å². The fraction of sp³-hybridized carbons (Fsp3) is 0.526. The second kappa shape index (κ2) is 9.63. The first kappa shape index (κ1) is 22.3. The number of nitriles is 1. The van der Waals surface area contributed by atoms with Crippen LogP contribution in [0.15, 0.2) is 29.0 Å². The molecule has 1 aromatic heterocycles. The maximum absolute atomic E-state index is 12.5. The van der Waals surface area contributed by atoms with Crippen molar-refractivity contribution in [2.75, 3.05) is 44.2 Å².